The van der Waals surface area contributed by atoms with Gasteiger partial charge in [0.05, 0.1) is 30.3 Å². The van der Waals surface area contributed by atoms with Crippen LogP contribution in [0.5, 0.6) is 11.5 Å². The van der Waals surface area contributed by atoms with E-state index >= 15 is 0 Å². The van der Waals surface area contributed by atoms with E-state index in [2.05, 4.69) is 10.6 Å². The minimum Gasteiger partial charge on any atom is -0.493 e. The van der Waals surface area contributed by atoms with Crippen molar-refractivity contribution in [1.82, 2.24) is 5.32 Å². The number of rotatable bonds is 9. The third kappa shape index (κ3) is 5.95. The van der Waals surface area contributed by atoms with Crippen molar-refractivity contribution in [3.05, 3.63) is 40.1 Å². The molecule has 0 saturated carbocycles. The molecule has 0 fully saturated rings. The predicted octanol–water partition coefficient (Wildman–Crippen LogP) is 3.09. The molecule has 1 aromatic carbocycles. The van der Waals surface area contributed by atoms with Crippen molar-refractivity contribution >= 4 is 34.8 Å². The molecule has 2 amide bonds. The maximum Gasteiger partial charge on any atom is 0.340 e. The van der Waals surface area contributed by atoms with E-state index in [1.807, 2.05) is 13.8 Å². The fraction of sp³-hybridized carbons (Fsp3) is 0.350. The standard InChI is InChI=1S/C20H24N2O6S/c1-5-12(2)21-18(23)11-28-20(25)13-9-15(26-3)16(27-4)10-14(13)22-19(24)17-7-6-8-29-17/h6-10,12H,5,11H2,1-4H3,(H,21,23)(H,22,24)/t12-/m1/s1. The molecule has 1 heterocycles. The monoisotopic (exact) mass is 420 g/mol. The van der Waals surface area contributed by atoms with Gasteiger partial charge in [-0.25, -0.2) is 4.79 Å². The molecule has 0 radical (unpaired) electrons. The zero-order valence-corrected chi connectivity index (χ0v) is 17.6. The SMILES string of the molecule is CC[C@@H](C)NC(=O)COC(=O)c1cc(OC)c(OC)cc1NC(=O)c1cccs1. The highest BCUT2D eigenvalue weighted by molar-refractivity contribution is 7.12. The van der Waals surface area contributed by atoms with Crippen LogP contribution in [-0.4, -0.2) is 44.7 Å². The molecule has 1 aromatic heterocycles. The van der Waals surface area contributed by atoms with E-state index in [4.69, 9.17) is 14.2 Å². The van der Waals surface area contributed by atoms with Crippen LogP contribution in [0.1, 0.15) is 40.3 Å². The Balaban J connectivity index is 2.24. The average molecular weight is 420 g/mol. The van der Waals surface area contributed by atoms with E-state index in [0.29, 0.717) is 10.6 Å². The molecule has 0 spiro atoms. The van der Waals surface area contributed by atoms with Crippen molar-refractivity contribution in [2.24, 2.45) is 0 Å². The van der Waals surface area contributed by atoms with Gasteiger partial charge in [-0.15, -0.1) is 11.3 Å². The van der Waals surface area contributed by atoms with Gasteiger partial charge in [0.1, 0.15) is 0 Å². The molecular formula is C20H24N2O6S. The van der Waals surface area contributed by atoms with Gasteiger partial charge in [-0.05, 0) is 24.8 Å². The van der Waals surface area contributed by atoms with E-state index in [1.54, 1.807) is 17.5 Å². The largest absolute Gasteiger partial charge is 0.493 e. The Morgan fingerprint density at radius 2 is 1.83 bits per heavy atom. The summed E-state index contributed by atoms with van der Waals surface area (Å²) >= 11 is 1.27. The Morgan fingerprint density at radius 3 is 2.41 bits per heavy atom. The number of thiophene rings is 1. The Morgan fingerprint density at radius 1 is 1.14 bits per heavy atom. The molecular weight excluding hydrogens is 396 g/mol. The fourth-order valence-corrected chi connectivity index (χ4v) is 2.99. The second-order valence-corrected chi connectivity index (χ2v) is 7.08. The summed E-state index contributed by atoms with van der Waals surface area (Å²) in [7, 11) is 2.87. The summed E-state index contributed by atoms with van der Waals surface area (Å²) in [5.41, 5.74) is 0.234. The van der Waals surface area contributed by atoms with Crippen LogP contribution < -0.4 is 20.1 Å². The second kappa shape index (κ2) is 10.5. The van der Waals surface area contributed by atoms with Crippen LogP contribution in [0.25, 0.3) is 0 Å². The Hall–Kier alpha value is -3.07. The predicted molar refractivity (Wildman–Crippen MR) is 110 cm³/mol. The highest BCUT2D eigenvalue weighted by Gasteiger charge is 2.21. The molecule has 0 aliphatic heterocycles. The summed E-state index contributed by atoms with van der Waals surface area (Å²) < 4.78 is 15.6. The van der Waals surface area contributed by atoms with Crippen LogP contribution in [-0.2, 0) is 9.53 Å². The Kier molecular flexibility index (Phi) is 8.02. The molecule has 0 saturated heterocycles. The summed E-state index contributed by atoms with van der Waals surface area (Å²) in [4.78, 5) is 37.4. The molecule has 156 valence electrons. The number of hydrogen-bond acceptors (Lipinski definition) is 7. The summed E-state index contributed by atoms with van der Waals surface area (Å²) in [6.45, 7) is 3.35. The number of methoxy groups -OCH3 is 2. The first-order valence-electron chi connectivity index (χ1n) is 8.96. The molecule has 29 heavy (non-hydrogen) atoms. The van der Waals surface area contributed by atoms with E-state index in [1.165, 1.54) is 37.7 Å². The summed E-state index contributed by atoms with van der Waals surface area (Å²) in [6.07, 6.45) is 0.758. The Bertz CT molecular complexity index is 866. The normalized spacial score (nSPS) is 11.3. The molecule has 2 aromatic rings. The zero-order valence-electron chi connectivity index (χ0n) is 16.7. The Labute approximate surface area is 173 Å². The lowest BCUT2D eigenvalue weighted by atomic mass is 10.1. The highest BCUT2D eigenvalue weighted by Crippen LogP contribution is 2.34. The number of amides is 2. The minimum absolute atomic E-state index is 0.0251. The highest BCUT2D eigenvalue weighted by atomic mass is 32.1. The van der Waals surface area contributed by atoms with Gasteiger partial charge in [-0.1, -0.05) is 13.0 Å². The number of carbonyl (C=O) groups excluding carboxylic acids is 3. The number of carbonyl (C=O) groups is 3. The van der Waals surface area contributed by atoms with Gasteiger partial charge < -0.3 is 24.8 Å². The maximum absolute atomic E-state index is 12.6. The third-order valence-electron chi connectivity index (χ3n) is 4.09. The van der Waals surface area contributed by atoms with Crippen molar-refractivity contribution in [2.45, 2.75) is 26.3 Å². The molecule has 0 unspecified atom stereocenters. The van der Waals surface area contributed by atoms with Gasteiger partial charge in [0.2, 0.25) is 0 Å². The molecule has 2 rings (SSSR count). The van der Waals surface area contributed by atoms with Crippen molar-refractivity contribution < 1.29 is 28.6 Å². The van der Waals surface area contributed by atoms with E-state index < -0.39 is 18.5 Å². The molecule has 2 N–H and O–H groups in total. The molecule has 9 heteroatoms. The lowest BCUT2D eigenvalue weighted by Crippen LogP contribution is -2.35. The topological polar surface area (TPSA) is 103 Å². The second-order valence-electron chi connectivity index (χ2n) is 6.14. The lowest BCUT2D eigenvalue weighted by molar-refractivity contribution is -0.124. The summed E-state index contributed by atoms with van der Waals surface area (Å²) in [6, 6.07) is 6.26. The number of esters is 1. The van der Waals surface area contributed by atoms with E-state index in [9.17, 15) is 14.4 Å². The van der Waals surface area contributed by atoms with Gasteiger partial charge in [-0.2, -0.15) is 0 Å². The van der Waals surface area contributed by atoms with Crippen LogP contribution in [0.3, 0.4) is 0 Å². The maximum atomic E-state index is 12.6. The van der Waals surface area contributed by atoms with Gasteiger partial charge in [0.15, 0.2) is 18.1 Å². The van der Waals surface area contributed by atoms with Crippen molar-refractivity contribution in [3.63, 3.8) is 0 Å². The number of hydrogen-bond donors (Lipinski definition) is 2. The van der Waals surface area contributed by atoms with Crippen molar-refractivity contribution in [3.8, 4) is 11.5 Å². The first-order valence-corrected chi connectivity index (χ1v) is 9.84. The number of nitrogens with one attached hydrogen (secondary N) is 2. The zero-order chi connectivity index (χ0) is 21.4. The quantitative estimate of drug-likeness (QED) is 0.605. The first kappa shape index (κ1) is 22.2. The molecule has 0 aliphatic rings. The van der Waals surface area contributed by atoms with Gasteiger partial charge in [0.25, 0.3) is 11.8 Å². The van der Waals surface area contributed by atoms with E-state index in [-0.39, 0.29) is 28.9 Å². The van der Waals surface area contributed by atoms with Gasteiger partial charge in [0, 0.05) is 18.2 Å². The fourth-order valence-electron chi connectivity index (χ4n) is 2.37. The number of benzene rings is 1. The molecule has 0 bridgehead atoms. The molecule has 8 nitrogen and oxygen atoms in total. The number of ether oxygens (including phenoxy) is 3. The third-order valence-corrected chi connectivity index (χ3v) is 4.96. The minimum atomic E-state index is -0.772. The first-order chi connectivity index (χ1) is 13.9. The van der Waals surface area contributed by atoms with Crippen molar-refractivity contribution in [1.29, 1.82) is 0 Å². The summed E-state index contributed by atoms with van der Waals surface area (Å²) in [5.74, 6) is -0.933. The lowest BCUT2D eigenvalue weighted by Gasteiger charge is -2.15. The molecule has 0 aliphatic carbocycles. The van der Waals surface area contributed by atoms with Crippen LogP contribution in [0.4, 0.5) is 5.69 Å². The average Bonchev–Trinajstić information content (AvgIpc) is 3.26. The van der Waals surface area contributed by atoms with Crippen molar-refractivity contribution in [2.75, 3.05) is 26.1 Å². The van der Waals surface area contributed by atoms with Crippen LogP contribution in [0.15, 0.2) is 29.6 Å². The van der Waals surface area contributed by atoms with Gasteiger partial charge >= 0.3 is 5.97 Å². The number of anilines is 1. The van der Waals surface area contributed by atoms with Gasteiger partial charge in [-0.3, -0.25) is 9.59 Å². The van der Waals surface area contributed by atoms with Crippen LogP contribution in [0, 0.1) is 0 Å². The smallest absolute Gasteiger partial charge is 0.340 e. The van der Waals surface area contributed by atoms with Crippen LogP contribution >= 0.6 is 11.3 Å². The van der Waals surface area contributed by atoms with E-state index in [0.717, 1.165) is 6.42 Å². The summed E-state index contributed by atoms with van der Waals surface area (Å²) in [5, 5.41) is 7.17. The molecule has 1 atom stereocenters. The van der Waals surface area contributed by atoms with Crippen LogP contribution in [0.2, 0.25) is 0 Å².